The molecule has 3 aromatic carbocycles. The highest BCUT2D eigenvalue weighted by atomic mass is 79.9. The number of benzene rings is 3. The molecule has 1 atom stereocenters. The molecule has 0 heterocycles. The quantitative estimate of drug-likeness (QED) is 0.276. The minimum absolute atomic E-state index is 0.174. The molecule has 2 amide bonds. The molecule has 0 saturated heterocycles. The summed E-state index contributed by atoms with van der Waals surface area (Å²) in [6.07, 6.45) is 2.82. The zero-order valence-electron chi connectivity index (χ0n) is 22.0. The molecule has 0 aliphatic carbocycles. The minimum Gasteiger partial charge on any atom is -0.354 e. The van der Waals surface area contributed by atoms with Gasteiger partial charge in [-0.2, -0.15) is 0 Å². The van der Waals surface area contributed by atoms with Crippen molar-refractivity contribution in [2.24, 2.45) is 0 Å². The third-order valence-corrected chi connectivity index (χ3v) is 8.00. The van der Waals surface area contributed by atoms with Crippen LogP contribution in [-0.2, 0) is 32.6 Å². The molecule has 1 N–H and O–H groups in total. The molecule has 3 rings (SSSR count). The van der Waals surface area contributed by atoms with E-state index in [1.54, 1.807) is 42.5 Å². The fraction of sp³-hybridized carbons (Fsp3) is 0.310. The molecular weight excluding hydrogens is 585 g/mol. The van der Waals surface area contributed by atoms with Crippen LogP contribution in [0.15, 0.2) is 83.3 Å². The Kier molecular flexibility index (Phi) is 11.1. The number of sulfonamides is 1. The van der Waals surface area contributed by atoms with E-state index in [-0.39, 0.29) is 30.1 Å². The van der Waals surface area contributed by atoms with Gasteiger partial charge in [0.15, 0.2) is 0 Å². The van der Waals surface area contributed by atoms with E-state index < -0.39 is 34.3 Å². The highest BCUT2D eigenvalue weighted by Gasteiger charge is 2.33. The van der Waals surface area contributed by atoms with Gasteiger partial charge in [-0.1, -0.05) is 74.0 Å². The Morgan fingerprint density at radius 2 is 1.62 bits per heavy atom. The molecule has 0 aliphatic heterocycles. The van der Waals surface area contributed by atoms with Crippen LogP contribution < -0.4 is 9.62 Å². The van der Waals surface area contributed by atoms with Gasteiger partial charge < -0.3 is 10.2 Å². The second kappa shape index (κ2) is 14.2. The molecule has 0 spiro atoms. The summed E-state index contributed by atoms with van der Waals surface area (Å²) >= 11 is 3.37. The van der Waals surface area contributed by atoms with Crippen molar-refractivity contribution in [3.8, 4) is 0 Å². The first-order valence-corrected chi connectivity index (χ1v) is 15.3. The van der Waals surface area contributed by atoms with E-state index in [0.29, 0.717) is 11.0 Å². The summed E-state index contributed by atoms with van der Waals surface area (Å²) < 4.78 is 41.9. The lowest BCUT2D eigenvalue weighted by Crippen LogP contribution is -2.53. The predicted molar refractivity (Wildman–Crippen MR) is 155 cm³/mol. The normalized spacial score (nSPS) is 12.0. The Morgan fingerprint density at radius 3 is 2.26 bits per heavy atom. The largest absolute Gasteiger partial charge is 0.354 e. The van der Waals surface area contributed by atoms with Gasteiger partial charge in [0.1, 0.15) is 18.4 Å². The van der Waals surface area contributed by atoms with Crippen LogP contribution in [0.3, 0.4) is 0 Å². The number of para-hydroxylation sites is 1. The summed E-state index contributed by atoms with van der Waals surface area (Å²) in [6, 6.07) is 20.9. The average Bonchev–Trinajstić information content (AvgIpc) is 2.90. The van der Waals surface area contributed by atoms with E-state index in [4.69, 9.17) is 0 Å². The maximum absolute atomic E-state index is 14.8. The molecule has 0 fully saturated rings. The Labute approximate surface area is 238 Å². The van der Waals surface area contributed by atoms with E-state index in [1.165, 1.54) is 11.0 Å². The van der Waals surface area contributed by atoms with Crippen LogP contribution in [-0.4, -0.2) is 50.5 Å². The fourth-order valence-electron chi connectivity index (χ4n) is 4.12. The van der Waals surface area contributed by atoms with Gasteiger partial charge >= 0.3 is 0 Å². The van der Waals surface area contributed by atoms with Crippen molar-refractivity contribution in [1.29, 1.82) is 0 Å². The van der Waals surface area contributed by atoms with Gasteiger partial charge in [-0.25, -0.2) is 12.8 Å². The summed E-state index contributed by atoms with van der Waals surface area (Å²) in [5.41, 5.74) is 1.31. The number of rotatable bonds is 13. The molecule has 208 valence electrons. The standard InChI is InChI=1S/C29H33BrFN3O4S/c1-3-4-18-32-29(36)27(19-22-12-6-5-7-13-22)33(20-23-14-8-10-16-25(23)31)28(35)21-34(39(2,37)38)26-17-11-9-15-24(26)30/h5-17,27H,3-4,18-21H2,1-2H3,(H,32,36)/t27-/m0/s1. The van der Waals surface area contributed by atoms with Gasteiger partial charge in [0, 0.05) is 29.5 Å². The molecular formula is C29H33BrFN3O4S. The number of anilines is 1. The smallest absolute Gasteiger partial charge is 0.244 e. The number of hydrogen-bond donors (Lipinski definition) is 1. The second-order valence-corrected chi connectivity index (χ2v) is 11.9. The van der Waals surface area contributed by atoms with E-state index in [0.717, 1.165) is 29.0 Å². The minimum atomic E-state index is -3.89. The Hall–Kier alpha value is -3.24. The number of unbranched alkanes of at least 4 members (excludes halogenated alkanes) is 1. The number of carbonyl (C=O) groups is 2. The first-order valence-electron chi connectivity index (χ1n) is 12.7. The van der Waals surface area contributed by atoms with Gasteiger partial charge in [0.2, 0.25) is 21.8 Å². The molecule has 0 aliphatic rings. The van der Waals surface area contributed by atoms with Gasteiger partial charge in [0.05, 0.1) is 11.9 Å². The van der Waals surface area contributed by atoms with E-state index in [1.807, 2.05) is 37.3 Å². The number of nitrogens with zero attached hydrogens (tertiary/aromatic N) is 2. The van der Waals surface area contributed by atoms with Crippen molar-refractivity contribution in [2.45, 2.75) is 38.8 Å². The third-order valence-electron chi connectivity index (χ3n) is 6.20. The Bertz CT molecular complexity index is 1370. The second-order valence-electron chi connectivity index (χ2n) is 9.18. The molecule has 0 radical (unpaired) electrons. The van der Waals surface area contributed by atoms with Crippen molar-refractivity contribution in [2.75, 3.05) is 23.7 Å². The maximum Gasteiger partial charge on any atom is 0.244 e. The van der Waals surface area contributed by atoms with Crippen LogP contribution in [0.25, 0.3) is 0 Å². The number of hydrogen-bond acceptors (Lipinski definition) is 4. The van der Waals surface area contributed by atoms with Crippen molar-refractivity contribution in [3.63, 3.8) is 0 Å². The van der Waals surface area contributed by atoms with Crippen LogP contribution in [0.5, 0.6) is 0 Å². The van der Waals surface area contributed by atoms with Gasteiger partial charge in [-0.15, -0.1) is 0 Å². The van der Waals surface area contributed by atoms with Crippen molar-refractivity contribution in [3.05, 3.63) is 100 Å². The van der Waals surface area contributed by atoms with Crippen LogP contribution >= 0.6 is 15.9 Å². The van der Waals surface area contributed by atoms with E-state index in [9.17, 15) is 22.4 Å². The first kappa shape index (κ1) is 30.3. The van der Waals surface area contributed by atoms with Crippen molar-refractivity contribution >= 4 is 43.5 Å². The van der Waals surface area contributed by atoms with Crippen molar-refractivity contribution in [1.82, 2.24) is 10.2 Å². The SMILES string of the molecule is CCCCNC(=O)[C@H](Cc1ccccc1)N(Cc1ccccc1F)C(=O)CN(c1ccccc1Br)S(C)(=O)=O. The maximum atomic E-state index is 14.8. The highest BCUT2D eigenvalue weighted by molar-refractivity contribution is 9.10. The zero-order chi connectivity index (χ0) is 28.4. The summed E-state index contributed by atoms with van der Waals surface area (Å²) in [5, 5.41) is 2.90. The summed E-state index contributed by atoms with van der Waals surface area (Å²) in [4.78, 5) is 28.8. The van der Waals surface area contributed by atoms with Crippen LogP contribution in [0.2, 0.25) is 0 Å². The molecule has 7 nitrogen and oxygen atoms in total. The summed E-state index contributed by atoms with van der Waals surface area (Å²) in [7, 11) is -3.89. The van der Waals surface area contributed by atoms with Gasteiger partial charge in [-0.3, -0.25) is 13.9 Å². The Balaban J connectivity index is 2.05. The number of nitrogens with one attached hydrogen (secondary N) is 1. The number of amides is 2. The average molecular weight is 619 g/mol. The summed E-state index contributed by atoms with van der Waals surface area (Å²) in [5.74, 6) is -1.54. The highest BCUT2D eigenvalue weighted by Crippen LogP contribution is 2.28. The van der Waals surface area contributed by atoms with E-state index >= 15 is 0 Å². The molecule has 10 heteroatoms. The first-order chi connectivity index (χ1) is 18.6. The Morgan fingerprint density at radius 1 is 0.974 bits per heavy atom. The van der Waals surface area contributed by atoms with Crippen LogP contribution in [0.1, 0.15) is 30.9 Å². The van der Waals surface area contributed by atoms with Crippen molar-refractivity contribution < 1.29 is 22.4 Å². The van der Waals surface area contributed by atoms with E-state index in [2.05, 4.69) is 21.2 Å². The van der Waals surface area contributed by atoms with Gasteiger partial charge in [-0.05, 0) is 46.1 Å². The molecule has 3 aromatic rings. The van der Waals surface area contributed by atoms with Gasteiger partial charge in [0.25, 0.3) is 0 Å². The molecule has 0 aromatic heterocycles. The lowest BCUT2D eigenvalue weighted by atomic mass is 10.0. The third kappa shape index (κ3) is 8.63. The van der Waals surface area contributed by atoms with Crippen LogP contribution in [0.4, 0.5) is 10.1 Å². The fourth-order valence-corrected chi connectivity index (χ4v) is 5.60. The monoisotopic (exact) mass is 617 g/mol. The lowest BCUT2D eigenvalue weighted by molar-refractivity contribution is -0.140. The summed E-state index contributed by atoms with van der Waals surface area (Å²) in [6.45, 7) is 1.65. The number of carbonyl (C=O) groups excluding carboxylic acids is 2. The predicted octanol–water partition coefficient (Wildman–Crippen LogP) is 4.91. The molecule has 39 heavy (non-hydrogen) atoms. The molecule has 0 bridgehead atoms. The topological polar surface area (TPSA) is 86.8 Å². The van der Waals surface area contributed by atoms with Crippen LogP contribution in [0, 0.1) is 5.82 Å². The zero-order valence-corrected chi connectivity index (χ0v) is 24.4. The number of halogens is 2. The molecule has 0 saturated carbocycles. The molecule has 0 unspecified atom stereocenters. The lowest BCUT2D eigenvalue weighted by Gasteiger charge is -2.33.